The summed E-state index contributed by atoms with van der Waals surface area (Å²) in [5, 5.41) is 5.66. The summed E-state index contributed by atoms with van der Waals surface area (Å²) < 4.78 is 5.10. The van der Waals surface area contributed by atoms with Crippen molar-refractivity contribution in [2.75, 3.05) is 26.8 Å². The third-order valence-corrected chi connectivity index (χ3v) is 4.63. The van der Waals surface area contributed by atoms with Crippen molar-refractivity contribution in [3.8, 4) is 0 Å². The zero-order valence-corrected chi connectivity index (χ0v) is 12.7. The van der Waals surface area contributed by atoms with Gasteiger partial charge in [0.15, 0.2) is 0 Å². The van der Waals surface area contributed by atoms with Crippen molar-refractivity contribution >= 4 is 17.4 Å². The van der Waals surface area contributed by atoms with Gasteiger partial charge in [-0.05, 0) is 36.3 Å². The molecule has 3 heteroatoms. The van der Waals surface area contributed by atoms with Crippen LogP contribution in [0.2, 0.25) is 0 Å². The Morgan fingerprint density at radius 3 is 2.95 bits per heavy atom. The van der Waals surface area contributed by atoms with Crippen LogP contribution in [0.25, 0.3) is 6.08 Å². The maximum Gasteiger partial charge on any atom is 0.0587 e. The van der Waals surface area contributed by atoms with E-state index in [4.69, 9.17) is 4.74 Å². The lowest BCUT2D eigenvalue weighted by Crippen LogP contribution is -2.25. The van der Waals surface area contributed by atoms with Gasteiger partial charge in [-0.2, -0.15) is 0 Å². The van der Waals surface area contributed by atoms with Crippen LogP contribution >= 0.6 is 11.3 Å². The van der Waals surface area contributed by atoms with Crippen molar-refractivity contribution in [3.05, 3.63) is 28.0 Å². The van der Waals surface area contributed by atoms with Gasteiger partial charge in [0.2, 0.25) is 0 Å². The number of methoxy groups -OCH3 is 1. The highest BCUT2D eigenvalue weighted by Crippen LogP contribution is 2.31. The number of hydrogen-bond donors (Lipinski definition) is 1. The van der Waals surface area contributed by atoms with Gasteiger partial charge in [-0.1, -0.05) is 30.9 Å². The van der Waals surface area contributed by atoms with Crippen molar-refractivity contribution in [1.82, 2.24) is 5.32 Å². The molecule has 1 aromatic heterocycles. The molecular weight excluding hydrogens is 254 g/mol. The van der Waals surface area contributed by atoms with E-state index in [1.54, 1.807) is 12.7 Å². The van der Waals surface area contributed by atoms with Gasteiger partial charge in [0, 0.05) is 25.1 Å². The smallest absolute Gasteiger partial charge is 0.0587 e. The Morgan fingerprint density at radius 2 is 2.26 bits per heavy atom. The van der Waals surface area contributed by atoms with Crippen LogP contribution in [0, 0.1) is 5.92 Å². The Hall–Kier alpha value is -0.640. The van der Waals surface area contributed by atoms with Crippen molar-refractivity contribution in [1.29, 1.82) is 0 Å². The Kier molecular flexibility index (Phi) is 6.62. The Morgan fingerprint density at radius 1 is 1.42 bits per heavy atom. The number of nitrogens with one attached hydrogen (secondary N) is 1. The van der Waals surface area contributed by atoms with E-state index in [0.29, 0.717) is 0 Å². The van der Waals surface area contributed by atoms with Crippen LogP contribution in [0.5, 0.6) is 0 Å². The fourth-order valence-corrected chi connectivity index (χ4v) is 3.44. The maximum absolute atomic E-state index is 5.10. The van der Waals surface area contributed by atoms with Crippen LogP contribution in [0.1, 0.15) is 37.0 Å². The summed E-state index contributed by atoms with van der Waals surface area (Å²) >= 11 is 1.83. The molecule has 0 amide bonds. The van der Waals surface area contributed by atoms with Gasteiger partial charge in [-0.3, -0.25) is 0 Å². The van der Waals surface area contributed by atoms with Gasteiger partial charge in [-0.25, -0.2) is 0 Å². The number of thiophene rings is 1. The lowest BCUT2D eigenvalue weighted by Gasteiger charge is -2.25. The summed E-state index contributed by atoms with van der Waals surface area (Å²) in [6.07, 6.45) is 9.34. The van der Waals surface area contributed by atoms with Crippen molar-refractivity contribution in [2.45, 2.75) is 32.1 Å². The summed E-state index contributed by atoms with van der Waals surface area (Å²) in [4.78, 5) is 1.38. The van der Waals surface area contributed by atoms with E-state index in [2.05, 4.69) is 28.9 Å². The SMILES string of the molecule is COCCNCC(=Cc1cccs1)C1CCCCC1. The van der Waals surface area contributed by atoms with E-state index < -0.39 is 0 Å². The van der Waals surface area contributed by atoms with E-state index in [1.165, 1.54) is 37.0 Å². The number of rotatable bonds is 7. The Balaban J connectivity index is 1.95. The van der Waals surface area contributed by atoms with E-state index in [1.807, 2.05) is 11.3 Å². The molecule has 1 aliphatic carbocycles. The normalized spacial score (nSPS) is 17.8. The van der Waals surface area contributed by atoms with E-state index in [9.17, 15) is 0 Å². The molecule has 1 N–H and O–H groups in total. The highest BCUT2D eigenvalue weighted by Gasteiger charge is 2.17. The van der Waals surface area contributed by atoms with Crippen molar-refractivity contribution in [3.63, 3.8) is 0 Å². The quantitative estimate of drug-likeness (QED) is 0.763. The van der Waals surface area contributed by atoms with Gasteiger partial charge in [0.25, 0.3) is 0 Å². The minimum atomic E-state index is 0.783. The molecule has 1 fully saturated rings. The second-order valence-corrected chi connectivity index (χ2v) is 6.22. The van der Waals surface area contributed by atoms with Crippen LogP contribution in [0.15, 0.2) is 23.1 Å². The van der Waals surface area contributed by atoms with E-state index >= 15 is 0 Å². The summed E-state index contributed by atoms with van der Waals surface area (Å²) in [5.41, 5.74) is 1.58. The first-order valence-corrected chi connectivity index (χ1v) is 8.21. The first kappa shape index (κ1) is 14.8. The largest absolute Gasteiger partial charge is 0.383 e. The van der Waals surface area contributed by atoms with Gasteiger partial charge >= 0.3 is 0 Å². The summed E-state index contributed by atoms with van der Waals surface area (Å²) in [6, 6.07) is 4.34. The Labute approximate surface area is 120 Å². The standard InChI is InChI=1S/C16H25NOS/c1-18-10-9-17-13-15(12-16-8-5-11-19-16)14-6-3-2-4-7-14/h5,8,11-12,14,17H,2-4,6-7,9-10,13H2,1H3. The predicted octanol–water partition coefficient (Wildman–Crippen LogP) is 3.95. The first-order chi connectivity index (χ1) is 9.40. The molecule has 0 aromatic carbocycles. The third kappa shape index (κ3) is 5.09. The average Bonchev–Trinajstić information content (AvgIpc) is 2.96. The molecule has 0 saturated heterocycles. The molecule has 1 aromatic rings. The fraction of sp³-hybridized carbons (Fsp3) is 0.625. The summed E-state index contributed by atoms with van der Waals surface area (Å²) in [7, 11) is 1.76. The molecule has 0 spiro atoms. The number of hydrogen-bond acceptors (Lipinski definition) is 3. The molecule has 2 rings (SSSR count). The molecule has 1 saturated carbocycles. The predicted molar refractivity (Wildman–Crippen MR) is 83.6 cm³/mol. The molecule has 0 aliphatic heterocycles. The van der Waals surface area contributed by atoms with Crippen molar-refractivity contribution in [2.24, 2.45) is 5.92 Å². The lowest BCUT2D eigenvalue weighted by atomic mass is 9.83. The van der Waals surface area contributed by atoms with Gasteiger partial charge in [-0.15, -0.1) is 11.3 Å². The molecule has 106 valence electrons. The van der Waals surface area contributed by atoms with Gasteiger partial charge < -0.3 is 10.1 Å². The highest BCUT2D eigenvalue weighted by atomic mass is 32.1. The van der Waals surface area contributed by atoms with Crippen LogP contribution in [0.4, 0.5) is 0 Å². The molecule has 19 heavy (non-hydrogen) atoms. The molecule has 0 radical (unpaired) electrons. The van der Waals surface area contributed by atoms with Crippen LogP contribution < -0.4 is 5.32 Å². The molecule has 1 heterocycles. The zero-order chi connectivity index (χ0) is 13.3. The van der Waals surface area contributed by atoms with E-state index in [-0.39, 0.29) is 0 Å². The summed E-state index contributed by atoms with van der Waals surface area (Å²) in [5.74, 6) is 0.783. The average molecular weight is 279 g/mol. The third-order valence-electron chi connectivity index (χ3n) is 3.81. The number of ether oxygens (including phenoxy) is 1. The van der Waals surface area contributed by atoms with Crippen LogP contribution in [0.3, 0.4) is 0 Å². The molecular formula is C16H25NOS. The van der Waals surface area contributed by atoms with Crippen LogP contribution in [-0.4, -0.2) is 26.8 Å². The van der Waals surface area contributed by atoms with Crippen molar-refractivity contribution < 1.29 is 4.74 Å². The topological polar surface area (TPSA) is 21.3 Å². The van der Waals surface area contributed by atoms with Gasteiger partial charge in [0.1, 0.15) is 0 Å². The molecule has 0 atom stereocenters. The van der Waals surface area contributed by atoms with E-state index in [0.717, 1.165) is 25.6 Å². The zero-order valence-electron chi connectivity index (χ0n) is 11.9. The molecule has 2 nitrogen and oxygen atoms in total. The minimum absolute atomic E-state index is 0.783. The monoisotopic (exact) mass is 279 g/mol. The second-order valence-electron chi connectivity index (χ2n) is 5.24. The molecule has 1 aliphatic rings. The van der Waals surface area contributed by atoms with Crippen LogP contribution in [-0.2, 0) is 4.74 Å². The first-order valence-electron chi connectivity index (χ1n) is 7.34. The fourth-order valence-electron chi connectivity index (χ4n) is 2.75. The Bertz CT molecular complexity index is 366. The molecule has 0 unspecified atom stereocenters. The highest BCUT2D eigenvalue weighted by molar-refractivity contribution is 7.10. The maximum atomic E-state index is 5.10. The summed E-state index contributed by atoms with van der Waals surface area (Å²) in [6.45, 7) is 2.73. The molecule has 0 bridgehead atoms. The lowest BCUT2D eigenvalue weighted by molar-refractivity contribution is 0.200. The van der Waals surface area contributed by atoms with Gasteiger partial charge in [0.05, 0.1) is 6.61 Å². The second kappa shape index (κ2) is 8.51. The minimum Gasteiger partial charge on any atom is -0.383 e.